The van der Waals surface area contributed by atoms with Gasteiger partial charge in [0.2, 0.25) is 5.91 Å². The molecule has 0 aliphatic carbocycles. The summed E-state index contributed by atoms with van der Waals surface area (Å²) in [4.78, 5) is 82.4. The minimum absolute atomic E-state index is 0.445. The van der Waals surface area contributed by atoms with E-state index in [-0.39, 0.29) is 0 Å². The fraction of sp³-hybridized carbons (Fsp3) is 0.682. The number of carbonyl (C=O) groups excluding carboxylic acids is 7. The highest BCUT2D eigenvalue weighted by Gasteiger charge is 2.59. The third-order valence-electron chi connectivity index (χ3n) is 4.80. The van der Waals surface area contributed by atoms with Gasteiger partial charge in [-0.2, -0.15) is 0 Å². The van der Waals surface area contributed by atoms with E-state index in [1.54, 1.807) is 0 Å². The van der Waals surface area contributed by atoms with Gasteiger partial charge in [-0.1, -0.05) is 11.8 Å². The van der Waals surface area contributed by atoms with Crippen LogP contribution in [0.15, 0.2) is 0 Å². The third-order valence-corrected chi connectivity index (χ3v) is 6.43. The summed E-state index contributed by atoms with van der Waals surface area (Å²) in [6.07, 6.45) is -4.71. The molecule has 15 heteroatoms. The standard InChI is InChI=1S/C22H31NO13S/c1-10(24)23-18-16(33-12(3)26)8-22(21(30)31-7,36-15(6)29)37-20(18)19(35-14(5)28)17(34-13(4)27)9-32-11(2)25/h16-20H,8-9H2,1-7H3,(H,23,24)/t16-,17+,18+,19+,20+,22+/m0/s1. The Morgan fingerprint density at radius 2 is 1.46 bits per heavy atom. The highest BCUT2D eigenvalue weighted by atomic mass is 32.2. The van der Waals surface area contributed by atoms with Gasteiger partial charge >= 0.3 is 35.8 Å². The summed E-state index contributed by atoms with van der Waals surface area (Å²) in [6.45, 7) is 5.92. The monoisotopic (exact) mass is 549 g/mol. The van der Waals surface area contributed by atoms with Crippen molar-refractivity contribution >= 4 is 53.5 Å². The van der Waals surface area contributed by atoms with Crippen molar-refractivity contribution in [2.75, 3.05) is 13.7 Å². The van der Waals surface area contributed by atoms with Crippen LogP contribution >= 0.6 is 11.8 Å². The molecule has 1 heterocycles. The number of ether oxygens (including phenoxy) is 6. The van der Waals surface area contributed by atoms with Crippen molar-refractivity contribution < 1.29 is 62.0 Å². The van der Waals surface area contributed by atoms with Gasteiger partial charge in [0.25, 0.3) is 4.93 Å². The smallest absolute Gasteiger partial charge is 0.361 e. The Kier molecular flexibility index (Phi) is 11.8. The third kappa shape index (κ3) is 9.55. The predicted octanol–water partition coefficient (Wildman–Crippen LogP) is -0.213. The highest BCUT2D eigenvalue weighted by Crippen LogP contribution is 2.47. The molecule has 0 saturated carbocycles. The first-order chi connectivity index (χ1) is 17.1. The molecule has 208 valence electrons. The summed E-state index contributed by atoms with van der Waals surface area (Å²) in [5, 5.41) is 1.32. The van der Waals surface area contributed by atoms with Crippen LogP contribution in [0.5, 0.6) is 0 Å². The number of hydrogen-bond acceptors (Lipinski definition) is 14. The van der Waals surface area contributed by atoms with E-state index in [0.29, 0.717) is 11.8 Å². The lowest BCUT2D eigenvalue weighted by atomic mass is 9.93. The lowest BCUT2D eigenvalue weighted by molar-refractivity contribution is -0.180. The quantitative estimate of drug-likeness (QED) is 0.278. The molecule has 0 aromatic carbocycles. The number of thioether (sulfide) groups is 1. The molecule has 0 bridgehead atoms. The first-order valence-corrected chi connectivity index (χ1v) is 11.9. The van der Waals surface area contributed by atoms with E-state index in [9.17, 15) is 33.6 Å². The van der Waals surface area contributed by atoms with Crippen LogP contribution in [0.2, 0.25) is 0 Å². The largest absolute Gasteiger partial charge is 0.465 e. The SMILES string of the molecule is COC(=O)[C@@]1(OC(C)=O)C[C@H](OC(C)=O)[C@@H](NC(C)=O)[C@H]([C@H](OC(C)=O)[C@@H](COC(C)=O)OC(C)=O)S1. The number of carbonyl (C=O) groups is 7. The molecule has 1 amide bonds. The van der Waals surface area contributed by atoms with Crippen LogP contribution in [0.25, 0.3) is 0 Å². The normalized spacial score (nSPS) is 24.4. The van der Waals surface area contributed by atoms with Crippen LogP contribution in [-0.2, 0) is 62.0 Å². The van der Waals surface area contributed by atoms with E-state index in [2.05, 4.69) is 5.32 Å². The van der Waals surface area contributed by atoms with E-state index in [1.165, 1.54) is 6.92 Å². The average Bonchev–Trinajstić information content (AvgIpc) is 2.74. The average molecular weight is 550 g/mol. The molecule has 0 unspecified atom stereocenters. The Hall–Kier alpha value is -3.36. The fourth-order valence-electron chi connectivity index (χ4n) is 3.74. The first-order valence-electron chi connectivity index (χ1n) is 11.0. The molecule has 1 N–H and O–H groups in total. The van der Waals surface area contributed by atoms with Crippen LogP contribution in [0.4, 0.5) is 0 Å². The lowest BCUT2D eigenvalue weighted by Gasteiger charge is -2.47. The van der Waals surface area contributed by atoms with Crippen molar-refractivity contribution in [3.63, 3.8) is 0 Å². The van der Waals surface area contributed by atoms with Crippen molar-refractivity contribution in [3.8, 4) is 0 Å². The molecule has 1 saturated heterocycles. The van der Waals surface area contributed by atoms with Gasteiger partial charge in [0.1, 0.15) is 12.7 Å². The summed E-state index contributed by atoms with van der Waals surface area (Å²) in [6, 6.07) is -1.17. The molecular weight excluding hydrogens is 518 g/mol. The number of esters is 6. The Bertz CT molecular complexity index is 922. The Balaban J connectivity index is 3.83. The second-order valence-electron chi connectivity index (χ2n) is 8.02. The van der Waals surface area contributed by atoms with Gasteiger partial charge in [-0.25, -0.2) is 4.79 Å². The van der Waals surface area contributed by atoms with Gasteiger partial charge < -0.3 is 33.7 Å². The van der Waals surface area contributed by atoms with E-state index >= 15 is 0 Å². The van der Waals surface area contributed by atoms with Crippen LogP contribution in [0.1, 0.15) is 48.0 Å². The van der Waals surface area contributed by atoms with Gasteiger partial charge in [-0.3, -0.25) is 28.8 Å². The van der Waals surface area contributed by atoms with E-state index in [0.717, 1.165) is 41.7 Å². The van der Waals surface area contributed by atoms with Crippen LogP contribution in [0, 0.1) is 0 Å². The molecule has 6 atom stereocenters. The molecule has 0 aromatic heterocycles. The summed E-state index contributed by atoms with van der Waals surface area (Å²) in [7, 11) is 1.04. The van der Waals surface area contributed by atoms with Crippen molar-refractivity contribution in [1.82, 2.24) is 5.32 Å². The Morgan fingerprint density at radius 3 is 1.89 bits per heavy atom. The maximum atomic E-state index is 12.9. The van der Waals surface area contributed by atoms with E-state index < -0.39 is 89.3 Å². The lowest BCUT2D eigenvalue weighted by Crippen LogP contribution is -2.65. The zero-order chi connectivity index (χ0) is 28.5. The first kappa shape index (κ1) is 31.7. The number of methoxy groups -OCH3 is 1. The Labute approximate surface area is 217 Å². The molecule has 1 aliphatic heterocycles. The van der Waals surface area contributed by atoms with Crippen molar-refractivity contribution in [3.05, 3.63) is 0 Å². The van der Waals surface area contributed by atoms with Crippen molar-refractivity contribution in [1.29, 1.82) is 0 Å². The van der Waals surface area contributed by atoms with Gasteiger partial charge in [0, 0.05) is 48.0 Å². The molecular formula is C22H31NO13S. The zero-order valence-corrected chi connectivity index (χ0v) is 22.3. The van der Waals surface area contributed by atoms with Gasteiger partial charge in [0.15, 0.2) is 12.2 Å². The predicted molar refractivity (Wildman–Crippen MR) is 123 cm³/mol. The summed E-state index contributed by atoms with van der Waals surface area (Å²) < 4.78 is 31.3. The molecule has 0 radical (unpaired) electrons. The van der Waals surface area contributed by atoms with Crippen molar-refractivity contribution in [2.24, 2.45) is 0 Å². The maximum Gasteiger partial charge on any atom is 0.361 e. The van der Waals surface area contributed by atoms with Gasteiger partial charge in [-0.05, 0) is 0 Å². The molecule has 0 spiro atoms. The van der Waals surface area contributed by atoms with E-state index in [1.807, 2.05) is 0 Å². The minimum atomic E-state index is -2.12. The molecule has 1 aliphatic rings. The Morgan fingerprint density at radius 1 is 0.865 bits per heavy atom. The topological polar surface area (TPSA) is 187 Å². The fourth-order valence-corrected chi connectivity index (χ4v) is 5.54. The zero-order valence-electron chi connectivity index (χ0n) is 21.5. The highest BCUT2D eigenvalue weighted by molar-refractivity contribution is 8.02. The number of rotatable bonds is 10. The maximum absolute atomic E-state index is 12.9. The second kappa shape index (κ2) is 13.8. The molecule has 1 rings (SSSR count). The van der Waals surface area contributed by atoms with Crippen LogP contribution in [0.3, 0.4) is 0 Å². The molecule has 0 aromatic rings. The summed E-state index contributed by atoms with van der Waals surface area (Å²) >= 11 is 0.628. The number of amides is 1. The van der Waals surface area contributed by atoms with E-state index in [4.69, 9.17) is 28.4 Å². The molecule has 14 nitrogen and oxygen atoms in total. The molecule has 37 heavy (non-hydrogen) atoms. The summed E-state index contributed by atoms with van der Waals surface area (Å²) in [5.41, 5.74) is 0. The van der Waals surface area contributed by atoms with Gasteiger partial charge in [-0.15, -0.1) is 0 Å². The number of nitrogens with one attached hydrogen (secondary N) is 1. The minimum Gasteiger partial charge on any atom is -0.465 e. The molecule has 1 fully saturated rings. The van der Waals surface area contributed by atoms with Crippen molar-refractivity contribution in [2.45, 2.75) is 82.5 Å². The van der Waals surface area contributed by atoms with Crippen LogP contribution in [-0.4, -0.2) is 90.0 Å². The number of hydrogen-bond donors (Lipinski definition) is 1. The van der Waals surface area contributed by atoms with Crippen LogP contribution < -0.4 is 5.32 Å². The summed E-state index contributed by atoms with van der Waals surface area (Å²) in [5.74, 6) is -5.75. The van der Waals surface area contributed by atoms with Gasteiger partial charge in [0.05, 0.1) is 18.4 Å². The second-order valence-corrected chi connectivity index (χ2v) is 9.46.